The summed E-state index contributed by atoms with van der Waals surface area (Å²) < 4.78 is 49.9. The Morgan fingerprint density at radius 1 is 1.16 bits per heavy atom. The molecule has 8 nitrogen and oxygen atoms in total. The molecule has 2 saturated heterocycles. The molecule has 0 bridgehead atoms. The summed E-state index contributed by atoms with van der Waals surface area (Å²) in [7, 11) is 0. The van der Waals surface area contributed by atoms with Crippen LogP contribution in [0.1, 0.15) is 34.5 Å². The molecule has 0 saturated carbocycles. The maximum Gasteiger partial charge on any atom is 0.187 e. The second-order valence-corrected chi connectivity index (χ2v) is 9.99. The SMILES string of the molecule is C[C@H]1CN(c2ccncc2CC(=O)c2nc(-c3c(F)cc(C4COC4)cc3F)c(F)cc2N)C[C@@H](N)[C@@H]1O. The van der Waals surface area contributed by atoms with E-state index in [1.165, 1.54) is 6.20 Å². The third-order valence-electron chi connectivity index (χ3n) is 7.21. The molecule has 0 unspecified atom stereocenters. The monoisotopic (exact) mass is 527 g/mol. The molecule has 5 N–H and O–H groups in total. The van der Waals surface area contributed by atoms with Gasteiger partial charge in [0.2, 0.25) is 0 Å². The molecule has 2 aliphatic heterocycles. The smallest absolute Gasteiger partial charge is 0.187 e. The number of rotatable bonds is 6. The van der Waals surface area contributed by atoms with Crippen molar-refractivity contribution >= 4 is 17.2 Å². The van der Waals surface area contributed by atoms with Crippen LogP contribution in [0.2, 0.25) is 0 Å². The Kier molecular flexibility index (Phi) is 7.08. The highest BCUT2D eigenvalue weighted by atomic mass is 19.1. The molecule has 0 aliphatic carbocycles. The Bertz CT molecular complexity index is 1350. The fourth-order valence-electron chi connectivity index (χ4n) is 5.02. The number of Topliss-reactive ketones (excluding diaryl/α,β-unsaturated/α-hetero) is 1. The van der Waals surface area contributed by atoms with Crippen LogP contribution < -0.4 is 16.4 Å². The number of aliphatic hydroxyl groups excluding tert-OH is 1. The van der Waals surface area contributed by atoms with Crippen molar-refractivity contribution in [3.05, 3.63) is 70.9 Å². The molecule has 200 valence electrons. The van der Waals surface area contributed by atoms with Crippen LogP contribution in [0.4, 0.5) is 24.5 Å². The third kappa shape index (κ3) is 4.84. The number of ether oxygens (including phenoxy) is 1. The molecule has 2 aliphatic rings. The second-order valence-electron chi connectivity index (χ2n) is 9.99. The Hall–Kier alpha value is -3.54. The second kappa shape index (κ2) is 10.3. The molecule has 0 spiro atoms. The molecule has 11 heteroatoms. The zero-order valence-electron chi connectivity index (χ0n) is 20.7. The number of hydrogen-bond donors (Lipinski definition) is 3. The predicted octanol–water partition coefficient (Wildman–Crippen LogP) is 2.83. The van der Waals surface area contributed by atoms with Crippen LogP contribution in [-0.4, -0.2) is 59.3 Å². The maximum absolute atomic E-state index is 15.0. The van der Waals surface area contributed by atoms with E-state index in [0.29, 0.717) is 43.1 Å². The number of nitrogens with zero attached hydrogens (tertiary/aromatic N) is 3. The molecule has 3 atom stereocenters. The van der Waals surface area contributed by atoms with Gasteiger partial charge in [-0.3, -0.25) is 9.78 Å². The van der Waals surface area contributed by atoms with Crippen LogP contribution in [0.15, 0.2) is 36.7 Å². The number of pyridine rings is 2. The van der Waals surface area contributed by atoms with Crippen molar-refractivity contribution in [1.29, 1.82) is 0 Å². The number of halogens is 3. The minimum atomic E-state index is -1.05. The summed E-state index contributed by atoms with van der Waals surface area (Å²) in [5.41, 5.74) is 11.8. The number of benzene rings is 1. The average Bonchev–Trinajstić information content (AvgIpc) is 2.82. The molecule has 2 aromatic heterocycles. The topological polar surface area (TPSA) is 128 Å². The van der Waals surface area contributed by atoms with E-state index in [4.69, 9.17) is 16.2 Å². The number of nitrogens with two attached hydrogens (primary N) is 2. The van der Waals surface area contributed by atoms with Crippen LogP contribution in [0.5, 0.6) is 0 Å². The third-order valence-corrected chi connectivity index (χ3v) is 7.21. The summed E-state index contributed by atoms with van der Waals surface area (Å²) in [5.74, 6) is -3.84. The summed E-state index contributed by atoms with van der Waals surface area (Å²) in [6.45, 7) is 3.48. The predicted molar refractivity (Wildman–Crippen MR) is 135 cm³/mol. The van der Waals surface area contributed by atoms with Crippen LogP contribution >= 0.6 is 0 Å². The van der Waals surface area contributed by atoms with Crippen molar-refractivity contribution < 1.29 is 27.8 Å². The van der Waals surface area contributed by atoms with Gasteiger partial charge in [0.25, 0.3) is 0 Å². The first kappa shape index (κ1) is 26.1. The van der Waals surface area contributed by atoms with Gasteiger partial charge in [-0.15, -0.1) is 0 Å². The highest BCUT2D eigenvalue weighted by Crippen LogP contribution is 2.34. The van der Waals surface area contributed by atoms with Crippen molar-refractivity contribution in [2.45, 2.75) is 31.4 Å². The van der Waals surface area contributed by atoms with Gasteiger partial charge in [-0.05, 0) is 23.8 Å². The number of piperidine rings is 1. The van der Waals surface area contributed by atoms with E-state index in [9.17, 15) is 23.1 Å². The Balaban J connectivity index is 1.46. The summed E-state index contributed by atoms with van der Waals surface area (Å²) in [5, 5.41) is 10.2. The van der Waals surface area contributed by atoms with Gasteiger partial charge < -0.3 is 26.2 Å². The summed E-state index contributed by atoms with van der Waals surface area (Å²) in [4.78, 5) is 23.4. The minimum Gasteiger partial charge on any atom is -0.397 e. The first-order valence-electron chi connectivity index (χ1n) is 12.3. The first-order valence-corrected chi connectivity index (χ1v) is 12.3. The molecule has 5 rings (SSSR count). The fraction of sp³-hybridized carbons (Fsp3) is 0.370. The molecular weight excluding hydrogens is 499 g/mol. The summed E-state index contributed by atoms with van der Waals surface area (Å²) in [6.07, 6.45) is 2.27. The number of aromatic nitrogens is 2. The molecular formula is C27H28F3N5O3. The van der Waals surface area contributed by atoms with Crippen molar-refractivity contribution in [3.8, 4) is 11.3 Å². The zero-order chi connectivity index (χ0) is 27.1. The van der Waals surface area contributed by atoms with E-state index in [0.717, 1.165) is 18.2 Å². The highest BCUT2D eigenvalue weighted by molar-refractivity contribution is 6.01. The highest BCUT2D eigenvalue weighted by Gasteiger charge is 2.32. The molecule has 3 aromatic rings. The average molecular weight is 528 g/mol. The standard InChI is InChI=1S/C27H28F3N5O3/c1-13-9-35(10-21(32)27(13)37)22-2-3-33-8-15(22)6-23(36)26-20(31)7-19(30)25(34-26)24-17(28)4-14(5-18(24)29)16-11-38-12-16/h2-5,7-8,13,16,21,27,37H,6,9-12,31-32H2,1H3/t13-,21+,27+/m0/s1. The lowest BCUT2D eigenvalue weighted by atomic mass is 9.92. The van der Waals surface area contributed by atoms with Crippen LogP contribution in [0, 0.1) is 23.4 Å². The molecule has 1 aromatic carbocycles. The zero-order valence-corrected chi connectivity index (χ0v) is 20.7. The lowest BCUT2D eigenvalue weighted by Gasteiger charge is -2.40. The Morgan fingerprint density at radius 3 is 2.50 bits per heavy atom. The number of aliphatic hydroxyl groups is 1. The van der Waals surface area contributed by atoms with E-state index in [2.05, 4.69) is 9.97 Å². The fourth-order valence-corrected chi connectivity index (χ4v) is 5.02. The van der Waals surface area contributed by atoms with Crippen molar-refractivity contribution in [1.82, 2.24) is 9.97 Å². The van der Waals surface area contributed by atoms with Gasteiger partial charge in [0.05, 0.1) is 30.6 Å². The van der Waals surface area contributed by atoms with Gasteiger partial charge in [-0.2, -0.15) is 0 Å². The molecule has 0 radical (unpaired) electrons. The number of anilines is 2. The maximum atomic E-state index is 15.0. The van der Waals surface area contributed by atoms with Gasteiger partial charge in [-0.1, -0.05) is 6.92 Å². The molecule has 4 heterocycles. The van der Waals surface area contributed by atoms with Gasteiger partial charge >= 0.3 is 0 Å². The van der Waals surface area contributed by atoms with Gasteiger partial charge in [-0.25, -0.2) is 18.2 Å². The Morgan fingerprint density at radius 2 is 1.87 bits per heavy atom. The Labute approximate surface area is 217 Å². The van der Waals surface area contributed by atoms with Gasteiger partial charge in [0.1, 0.15) is 23.0 Å². The lowest BCUT2D eigenvalue weighted by molar-refractivity contribution is 0.00822. The molecule has 2 fully saturated rings. The first-order chi connectivity index (χ1) is 18.1. The van der Waals surface area contributed by atoms with E-state index >= 15 is 0 Å². The van der Waals surface area contributed by atoms with Gasteiger partial charge in [0, 0.05) is 67.1 Å². The minimum absolute atomic E-state index is 0.0968. The van der Waals surface area contributed by atoms with Crippen LogP contribution in [-0.2, 0) is 11.2 Å². The number of carbonyl (C=O) groups excluding carboxylic acids is 1. The van der Waals surface area contributed by atoms with Crippen molar-refractivity contribution in [3.63, 3.8) is 0 Å². The van der Waals surface area contributed by atoms with E-state index in [1.807, 2.05) is 11.8 Å². The summed E-state index contributed by atoms with van der Waals surface area (Å²) in [6, 6.07) is 4.38. The van der Waals surface area contributed by atoms with Crippen LogP contribution in [0.3, 0.4) is 0 Å². The number of ketones is 1. The molecule has 0 amide bonds. The molecule has 38 heavy (non-hydrogen) atoms. The summed E-state index contributed by atoms with van der Waals surface area (Å²) >= 11 is 0. The number of nitrogen functional groups attached to an aromatic ring is 1. The van der Waals surface area contributed by atoms with E-state index in [1.54, 1.807) is 12.3 Å². The van der Waals surface area contributed by atoms with Crippen LogP contribution in [0.25, 0.3) is 11.3 Å². The number of carbonyl (C=O) groups is 1. The quantitative estimate of drug-likeness (QED) is 0.418. The van der Waals surface area contributed by atoms with E-state index < -0.39 is 46.6 Å². The number of hydrogen-bond acceptors (Lipinski definition) is 8. The normalized spacial score (nSPS) is 21.8. The van der Waals surface area contributed by atoms with Gasteiger partial charge in [0.15, 0.2) is 11.6 Å². The van der Waals surface area contributed by atoms with E-state index in [-0.39, 0.29) is 29.6 Å². The largest absolute Gasteiger partial charge is 0.397 e. The lowest BCUT2D eigenvalue weighted by Crippen LogP contribution is -2.55. The van der Waals surface area contributed by atoms with Crippen molar-refractivity contribution in [2.24, 2.45) is 11.7 Å². The van der Waals surface area contributed by atoms with Crippen molar-refractivity contribution in [2.75, 3.05) is 36.9 Å².